The highest BCUT2D eigenvalue weighted by molar-refractivity contribution is 5.33. The van der Waals surface area contributed by atoms with Gasteiger partial charge in [-0.1, -0.05) is 0 Å². The lowest BCUT2D eigenvalue weighted by molar-refractivity contribution is -0.384. The van der Waals surface area contributed by atoms with E-state index < -0.39 is 11.0 Å². The van der Waals surface area contributed by atoms with Crippen LogP contribution in [0.3, 0.4) is 0 Å². The maximum atomic E-state index is 10.3. The van der Waals surface area contributed by atoms with Gasteiger partial charge in [-0.25, -0.2) is 0 Å². The fraction of sp³-hybridized carbons (Fsp3) is 0.333. The lowest BCUT2D eigenvalue weighted by atomic mass is 10.1. The first-order valence-corrected chi connectivity index (χ1v) is 4.18. The maximum Gasteiger partial charge on any atom is 0.269 e. The second kappa shape index (κ2) is 4.69. The van der Waals surface area contributed by atoms with Gasteiger partial charge in [0.2, 0.25) is 0 Å². The van der Waals surface area contributed by atoms with Crippen molar-refractivity contribution in [2.24, 2.45) is 0 Å². The first-order valence-electron chi connectivity index (χ1n) is 4.18. The summed E-state index contributed by atoms with van der Waals surface area (Å²) in [4.78, 5) is 9.81. The Kier molecular flexibility index (Phi) is 3.55. The molecule has 1 rings (SSSR count). The van der Waals surface area contributed by atoms with Crippen molar-refractivity contribution < 1.29 is 15.1 Å². The molecule has 5 heteroatoms. The van der Waals surface area contributed by atoms with Crippen LogP contribution in [0.25, 0.3) is 0 Å². The summed E-state index contributed by atoms with van der Waals surface area (Å²) in [5, 5.41) is 28.3. The molecule has 0 bridgehead atoms. The topological polar surface area (TPSA) is 83.6 Å². The third kappa shape index (κ3) is 2.51. The molecule has 76 valence electrons. The first kappa shape index (κ1) is 10.6. The van der Waals surface area contributed by atoms with Crippen LogP contribution in [0.5, 0.6) is 0 Å². The Morgan fingerprint density at radius 1 is 1.36 bits per heavy atom. The minimum Gasteiger partial charge on any atom is -0.396 e. The first-order chi connectivity index (χ1) is 6.65. The average Bonchev–Trinajstić information content (AvgIpc) is 2.18. The second-order valence-electron chi connectivity index (χ2n) is 2.88. The monoisotopic (exact) mass is 197 g/mol. The van der Waals surface area contributed by atoms with Crippen LogP contribution in [0.4, 0.5) is 5.69 Å². The Morgan fingerprint density at radius 2 is 1.93 bits per heavy atom. The van der Waals surface area contributed by atoms with Crippen molar-refractivity contribution in [1.82, 2.24) is 0 Å². The van der Waals surface area contributed by atoms with E-state index in [-0.39, 0.29) is 18.7 Å². The van der Waals surface area contributed by atoms with E-state index in [2.05, 4.69) is 0 Å². The molecule has 0 saturated heterocycles. The summed E-state index contributed by atoms with van der Waals surface area (Å²) in [5.41, 5.74) is 0.564. The van der Waals surface area contributed by atoms with Crippen molar-refractivity contribution in [2.45, 2.75) is 12.5 Å². The molecule has 0 aliphatic carbocycles. The average molecular weight is 197 g/mol. The van der Waals surface area contributed by atoms with E-state index in [9.17, 15) is 15.2 Å². The molecule has 0 heterocycles. The van der Waals surface area contributed by atoms with Crippen LogP contribution < -0.4 is 0 Å². The lowest BCUT2D eigenvalue weighted by Crippen LogP contribution is -2.00. The van der Waals surface area contributed by atoms with Crippen LogP contribution in [0.2, 0.25) is 0 Å². The predicted octanol–water partition coefficient (Wildman–Crippen LogP) is 1.01. The van der Waals surface area contributed by atoms with Crippen LogP contribution in [0.1, 0.15) is 18.1 Å². The molecular weight excluding hydrogens is 186 g/mol. The molecule has 1 aromatic carbocycles. The van der Waals surface area contributed by atoms with Gasteiger partial charge < -0.3 is 10.2 Å². The minimum absolute atomic E-state index is 0.00931. The van der Waals surface area contributed by atoms with Crippen molar-refractivity contribution in [3.8, 4) is 0 Å². The molecule has 0 amide bonds. The van der Waals surface area contributed by atoms with E-state index in [0.29, 0.717) is 5.56 Å². The van der Waals surface area contributed by atoms with Gasteiger partial charge in [0.15, 0.2) is 0 Å². The van der Waals surface area contributed by atoms with Gasteiger partial charge in [-0.15, -0.1) is 0 Å². The van der Waals surface area contributed by atoms with Crippen molar-refractivity contribution in [2.75, 3.05) is 6.61 Å². The molecule has 0 aliphatic heterocycles. The number of benzene rings is 1. The molecule has 0 saturated carbocycles. The Labute approximate surface area is 80.8 Å². The molecule has 5 nitrogen and oxygen atoms in total. The normalized spacial score (nSPS) is 12.4. The number of hydrogen-bond acceptors (Lipinski definition) is 4. The highest BCUT2D eigenvalue weighted by Gasteiger charge is 2.09. The van der Waals surface area contributed by atoms with E-state index in [1.165, 1.54) is 24.3 Å². The van der Waals surface area contributed by atoms with Crippen molar-refractivity contribution in [1.29, 1.82) is 0 Å². The molecule has 1 aromatic rings. The summed E-state index contributed by atoms with van der Waals surface area (Å²) < 4.78 is 0. The zero-order valence-corrected chi connectivity index (χ0v) is 7.46. The van der Waals surface area contributed by atoms with Gasteiger partial charge in [0.05, 0.1) is 11.0 Å². The summed E-state index contributed by atoms with van der Waals surface area (Å²) in [6.07, 6.45) is -0.529. The molecule has 0 fully saturated rings. The third-order valence-corrected chi connectivity index (χ3v) is 1.89. The van der Waals surface area contributed by atoms with E-state index >= 15 is 0 Å². The molecule has 0 unspecified atom stereocenters. The van der Waals surface area contributed by atoms with Gasteiger partial charge in [-0.05, 0) is 17.7 Å². The van der Waals surface area contributed by atoms with Gasteiger partial charge in [0.25, 0.3) is 5.69 Å². The molecule has 1 atom stereocenters. The molecule has 0 spiro atoms. The summed E-state index contributed by atoms with van der Waals surface area (Å²) in [7, 11) is 0. The number of aliphatic hydroxyl groups is 2. The van der Waals surface area contributed by atoms with E-state index in [4.69, 9.17) is 5.11 Å². The molecule has 0 aromatic heterocycles. The van der Waals surface area contributed by atoms with Crippen molar-refractivity contribution >= 4 is 5.69 Å². The Morgan fingerprint density at radius 3 is 2.36 bits per heavy atom. The summed E-state index contributed by atoms with van der Waals surface area (Å²) >= 11 is 0. The van der Waals surface area contributed by atoms with Gasteiger partial charge in [0.1, 0.15) is 0 Å². The van der Waals surface area contributed by atoms with Gasteiger partial charge >= 0.3 is 0 Å². The quantitative estimate of drug-likeness (QED) is 0.557. The fourth-order valence-corrected chi connectivity index (χ4v) is 1.11. The maximum absolute atomic E-state index is 10.3. The van der Waals surface area contributed by atoms with E-state index in [0.717, 1.165) is 0 Å². The van der Waals surface area contributed by atoms with Gasteiger partial charge in [-0.3, -0.25) is 10.1 Å². The SMILES string of the molecule is O=[N+]([O-])c1ccc([C@H](O)CCO)cc1. The number of hydrogen-bond donors (Lipinski definition) is 2. The molecule has 2 N–H and O–H groups in total. The third-order valence-electron chi connectivity index (χ3n) is 1.89. The summed E-state index contributed by atoms with van der Waals surface area (Å²) in [5.74, 6) is 0. The Hall–Kier alpha value is -1.46. The number of non-ortho nitro benzene ring substituents is 1. The minimum atomic E-state index is -0.763. The largest absolute Gasteiger partial charge is 0.396 e. The molecule has 0 aliphatic rings. The predicted molar refractivity (Wildman–Crippen MR) is 49.8 cm³/mol. The van der Waals surface area contributed by atoms with Crippen LogP contribution in [-0.2, 0) is 0 Å². The highest BCUT2D eigenvalue weighted by Crippen LogP contribution is 2.19. The van der Waals surface area contributed by atoms with E-state index in [1.807, 2.05) is 0 Å². The van der Waals surface area contributed by atoms with Crippen molar-refractivity contribution in [3.63, 3.8) is 0 Å². The number of nitro benzene ring substituents is 1. The molecule has 0 radical (unpaired) electrons. The summed E-state index contributed by atoms with van der Waals surface area (Å²) in [6, 6.07) is 5.63. The Balaban J connectivity index is 2.77. The Bertz CT molecular complexity index is 309. The van der Waals surface area contributed by atoms with Crippen LogP contribution >= 0.6 is 0 Å². The highest BCUT2D eigenvalue weighted by atomic mass is 16.6. The summed E-state index contributed by atoms with van der Waals surface area (Å²) in [6.45, 7) is -0.113. The smallest absolute Gasteiger partial charge is 0.269 e. The van der Waals surface area contributed by atoms with Crippen LogP contribution in [0.15, 0.2) is 24.3 Å². The zero-order chi connectivity index (χ0) is 10.6. The lowest BCUT2D eigenvalue weighted by Gasteiger charge is -2.07. The van der Waals surface area contributed by atoms with E-state index in [1.54, 1.807) is 0 Å². The standard InChI is InChI=1S/C9H11NO4/c11-6-5-9(12)7-1-3-8(4-2-7)10(13)14/h1-4,9,11-12H,5-6H2/t9-/m1/s1. The number of rotatable bonds is 4. The van der Waals surface area contributed by atoms with Gasteiger partial charge in [-0.2, -0.15) is 0 Å². The number of nitro groups is 1. The second-order valence-corrected chi connectivity index (χ2v) is 2.88. The van der Waals surface area contributed by atoms with Gasteiger partial charge in [0, 0.05) is 25.2 Å². The molecule has 14 heavy (non-hydrogen) atoms. The number of nitrogens with zero attached hydrogens (tertiary/aromatic N) is 1. The zero-order valence-electron chi connectivity index (χ0n) is 7.46. The van der Waals surface area contributed by atoms with Crippen molar-refractivity contribution in [3.05, 3.63) is 39.9 Å². The van der Waals surface area contributed by atoms with Crippen LogP contribution in [-0.4, -0.2) is 21.7 Å². The fourth-order valence-electron chi connectivity index (χ4n) is 1.11. The number of aliphatic hydroxyl groups excluding tert-OH is 2. The molecular formula is C9H11NO4. The van der Waals surface area contributed by atoms with Crippen LogP contribution in [0, 0.1) is 10.1 Å².